The summed E-state index contributed by atoms with van der Waals surface area (Å²) in [7, 11) is 0. The van der Waals surface area contributed by atoms with Gasteiger partial charge < -0.3 is 4.74 Å². The molecule has 0 spiro atoms. The van der Waals surface area contributed by atoms with E-state index in [1.54, 1.807) is 0 Å². The molecule has 0 amide bonds. The predicted octanol–water partition coefficient (Wildman–Crippen LogP) is 5.34. The van der Waals surface area contributed by atoms with Crippen molar-refractivity contribution in [1.29, 1.82) is 0 Å². The van der Waals surface area contributed by atoms with E-state index in [2.05, 4.69) is 36.6 Å². The molecule has 4 rings (SSSR count). The third-order valence-corrected chi connectivity index (χ3v) is 4.47. The summed E-state index contributed by atoms with van der Waals surface area (Å²) in [6.45, 7) is 2.08. The van der Waals surface area contributed by atoms with Gasteiger partial charge >= 0.3 is 0 Å². The summed E-state index contributed by atoms with van der Waals surface area (Å²) < 4.78 is 6.22. The number of hydrogen-bond donors (Lipinski definition) is 1. The van der Waals surface area contributed by atoms with Crippen LogP contribution in [0.1, 0.15) is 29.2 Å². The van der Waals surface area contributed by atoms with E-state index < -0.39 is 0 Å². The molecule has 124 valence electrons. The van der Waals surface area contributed by atoms with Gasteiger partial charge in [0.2, 0.25) is 0 Å². The maximum absolute atomic E-state index is 6.22. The first-order valence-electron chi connectivity index (χ1n) is 8.50. The minimum atomic E-state index is -0.0199. The molecule has 25 heavy (non-hydrogen) atoms. The number of hydrogen-bond acceptors (Lipinski definition) is 3. The van der Waals surface area contributed by atoms with Crippen LogP contribution < -0.4 is 10.2 Å². The van der Waals surface area contributed by atoms with E-state index in [4.69, 9.17) is 9.84 Å². The number of anilines is 1. The molecule has 3 aromatic rings. The molecular weight excluding hydrogens is 308 g/mol. The lowest BCUT2D eigenvalue weighted by atomic mass is 9.96. The summed E-state index contributed by atoms with van der Waals surface area (Å²) in [5.41, 5.74) is 8.66. The third-order valence-electron chi connectivity index (χ3n) is 4.47. The van der Waals surface area contributed by atoms with Crippen molar-refractivity contribution in [3.05, 3.63) is 95.6 Å². The zero-order valence-corrected chi connectivity index (χ0v) is 14.1. The van der Waals surface area contributed by atoms with Gasteiger partial charge in [-0.05, 0) is 36.2 Å². The van der Waals surface area contributed by atoms with Crippen LogP contribution in [0.4, 0.5) is 5.69 Å². The van der Waals surface area contributed by atoms with Crippen LogP contribution in [0.5, 0.6) is 5.75 Å². The van der Waals surface area contributed by atoms with Crippen LogP contribution in [0, 0.1) is 6.92 Å². The fourth-order valence-corrected chi connectivity index (χ4v) is 3.07. The van der Waals surface area contributed by atoms with Crippen LogP contribution in [0.15, 0.2) is 84.0 Å². The van der Waals surface area contributed by atoms with Crippen LogP contribution in [0.3, 0.4) is 0 Å². The Hall–Kier alpha value is -3.07. The smallest absolute Gasteiger partial charge is 0.129 e. The van der Waals surface area contributed by atoms with Crippen molar-refractivity contribution < 1.29 is 4.74 Å². The molecule has 1 aliphatic heterocycles. The number of nitrogens with zero attached hydrogens (tertiary/aromatic N) is 1. The standard InChI is InChI=1S/C22H20N2O/c1-16-9-5-7-13-19(16)23-24-20-15-22(17-10-3-2-4-11-17)25-21-14-8-6-12-18(20)21/h2-14,22-23H,15H2,1H3/b24-20-. The molecule has 1 aliphatic rings. The van der Waals surface area contributed by atoms with Crippen molar-refractivity contribution >= 4 is 11.4 Å². The van der Waals surface area contributed by atoms with Gasteiger partial charge in [-0.3, -0.25) is 5.43 Å². The van der Waals surface area contributed by atoms with E-state index in [9.17, 15) is 0 Å². The maximum atomic E-state index is 6.22. The van der Waals surface area contributed by atoms with Gasteiger partial charge in [-0.1, -0.05) is 60.7 Å². The van der Waals surface area contributed by atoms with E-state index >= 15 is 0 Å². The van der Waals surface area contributed by atoms with E-state index in [0.29, 0.717) is 0 Å². The lowest BCUT2D eigenvalue weighted by Gasteiger charge is -2.27. The lowest BCUT2D eigenvalue weighted by Crippen LogP contribution is -2.21. The highest BCUT2D eigenvalue weighted by molar-refractivity contribution is 6.04. The molecule has 0 aliphatic carbocycles. The highest BCUT2D eigenvalue weighted by atomic mass is 16.5. The lowest BCUT2D eigenvalue weighted by molar-refractivity contribution is 0.206. The van der Waals surface area contributed by atoms with Crippen molar-refractivity contribution in [3.8, 4) is 5.75 Å². The minimum absolute atomic E-state index is 0.0199. The minimum Gasteiger partial charge on any atom is -0.485 e. The van der Waals surface area contributed by atoms with E-state index in [-0.39, 0.29) is 6.10 Å². The fraction of sp³-hybridized carbons (Fsp3) is 0.136. The Kier molecular flexibility index (Phi) is 4.21. The highest BCUT2D eigenvalue weighted by Crippen LogP contribution is 2.35. The highest BCUT2D eigenvalue weighted by Gasteiger charge is 2.26. The molecule has 1 N–H and O–H groups in total. The Morgan fingerprint density at radius 3 is 2.44 bits per heavy atom. The van der Waals surface area contributed by atoms with Gasteiger partial charge in [-0.25, -0.2) is 0 Å². The molecule has 3 nitrogen and oxygen atoms in total. The second-order valence-electron chi connectivity index (χ2n) is 6.20. The van der Waals surface area contributed by atoms with Crippen LogP contribution >= 0.6 is 0 Å². The SMILES string of the molecule is Cc1ccccc1N/N=C1/CC(c2ccccc2)Oc2ccccc21. The molecule has 0 bridgehead atoms. The van der Waals surface area contributed by atoms with Crippen molar-refractivity contribution in [3.63, 3.8) is 0 Å². The monoisotopic (exact) mass is 328 g/mol. The third kappa shape index (κ3) is 3.26. The summed E-state index contributed by atoms with van der Waals surface area (Å²) in [6.07, 6.45) is 0.716. The number of hydrazone groups is 1. The number of rotatable bonds is 3. The number of nitrogens with one attached hydrogen (secondary N) is 1. The van der Waals surface area contributed by atoms with E-state index in [1.165, 1.54) is 11.1 Å². The predicted molar refractivity (Wildman–Crippen MR) is 102 cm³/mol. The second-order valence-corrected chi connectivity index (χ2v) is 6.20. The average molecular weight is 328 g/mol. The largest absolute Gasteiger partial charge is 0.485 e. The molecular formula is C22H20N2O. The normalized spacial score (nSPS) is 17.6. The van der Waals surface area contributed by atoms with Crippen molar-refractivity contribution in [2.45, 2.75) is 19.4 Å². The second kappa shape index (κ2) is 6.81. The Balaban J connectivity index is 1.68. The fourth-order valence-electron chi connectivity index (χ4n) is 3.07. The van der Waals surface area contributed by atoms with Gasteiger partial charge in [0.15, 0.2) is 0 Å². The molecule has 0 fully saturated rings. The van der Waals surface area contributed by atoms with Crippen molar-refractivity contribution in [2.24, 2.45) is 5.10 Å². The van der Waals surface area contributed by atoms with Gasteiger partial charge in [0.25, 0.3) is 0 Å². The number of para-hydroxylation sites is 2. The Morgan fingerprint density at radius 2 is 1.60 bits per heavy atom. The van der Waals surface area contributed by atoms with Gasteiger partial charge in [0.05, 0.1) is 11.4 Å². The molecule has 3 aromatic carbocycles. The van der Waals surface area contributed by atoms with Crippen LogP contribution in [-0.2, 0) is 0 Å². The van der Waals surface area contributed by atoms with Gasteiger partial charge in [-0.2, -0.15) is 5.10 Å². The number of aryl methyl sites for hydroxylation is 1. The van der Waals surface area contributed by atoms with Gasteiger partial charge in [0, 0.05) is 12.0 Å². The van der Waals surface area contributed by atoms with Crippen LogP contribution in [-0.4, -0.2) is 5.71 Å². The molecule has 0 saturated heterocycles. The first-order chi connectivity index (χ1) is 12.3. The quantitative estimate of drug-likeness (QED) is 0.659. The molecule has 0 radical (unpaired) electrons. The topological polar surface area (TPSA) is 33.6 Å². The molecule has 1 atom stereocenters. The van der Waals surface area contributed by atoms with Crippen molar-refractivity contribution in [2.75, 3.05) is 5.43 Å². The summed E-state index contributed by atoms with van der Waals surface area (Å²) in [5, 5.41) is 4.72. The Bertz CT molecular complexity index is 903. The van der Waals surface area contributed by atoms with Crippen LogP contribution in [0.25, 0.3) is 0 Å². The van der Waals surface area contributed by atoms with Gasteiger partial charge in [-0.15, -0.1) is 0 Å². The summed E-state index contributed by atoms with van der Waals surface area (Å²) in [4.78, 5) is 0. The molecule has 0 saturated carbocycles. The van der Waals surface area contributed by atoms with Crippen LogP contribution in [0.2, 0.25) is 0 Å². The number of benzene rings is 3. The summed E-state index contributed by atoms with van der Waals surface area (Å²) in [6, 6.07) is 26.6. The van der Waals surface area contributed by atoms with E-state index in [1.807, 2.05) is 54.6 Å². The maximum Gasteiger partial charge on any atom is 0.129 e. The first kappa shape index (κ1) is 15.5. The molecule has 1 unspecified atom stereocenters. The zero-order valence-electron chi connectivity index (χ0n) is 14.1. The first-order valence-corrected chi connectivity index (χ1v) is 8.50. The summed E-state index contributed by atoms with van der Waals surface area (Å²) >= 11 is 0. The zero-order chi connectivity index (χ0) is 17.1. The molecule has 3 heteroatoms. The summed E-state index contributed by atoms with van der Waals surface area (Å²) in [5.74, 6) is 0.882. The van der Waals surface area contributed by atoms with Crippen molar-refractivity contribution in [1.82, 2.24) is 0 Å². The van der Waals surface area contributed by atoms with E-state index in [0.717, 1.165) is 29.1 Å². The number of fused-ring (bicyclic) bond motifs is 1. The average Bonchev–Trinajstić information content (AvgIpc) is 2.67. The molecule has 1 heterocycles. The molecule has 0 aromatic heterocycles. The van der Waals surface area contributed by atoms with Gasteiger partial charge in [0.1, 0.15) is 11.9 Å². The Labute approximate surface area is 148 Å². The Morgan fingerprint density at radius 1 is 0.880 bits per heavy atom. The number of ether oxygens (including phenoxy) is 1.